The van der Waals surface area contributed by atoms with E-state index in [9.17, 15) is 14.0 Å². The fraction of sp³-hybridized carbons (Fsp3) is 0.333. The zero-order valence-corrected chi connectivity index (χ0v) is 16.7. The number of pyridine rings is 1. The SMILES string of the molecule is C=CC(=O)N1C[C@@H](CNc2nc(-c3cnn(C)c3)c3c(c2F)NC3=O)CC[C@H]1C=C. The Balaban J connectivity index is 1.55. The second kappa shape index (κ2) is 7.74. The first-order valence-electron chi connectivity index (χ1n) is 9.76. The number of fused-ring (bicyclic) bond motifs is 1. The average molecular weight is 410 g/mol. The predicted octanol–water partition coefficient (Wildman–Crippen LogP) is 2.58. The Morgan fingerprint density at radius 2 is 2.23 bits per heavy atom. The molecule has 2 aromatic heterocycles. The average Bonchev–Trinajstić information content (AvgIpc) is 3.18. The van der Waals surface area contributed by atoms with Crippen LogP contribution in [0.1, 0.15) is 23.2 Å². The molecule has 2 aliphatic heterocycles. The zero-order chi connectivity index (χ0) is 21.4. The summed E-state index contributed by atoms with van der Waals surface area (Å²) in [6.45, 7) is 8.33. The number of halogens is 1. The molecule has 1 fully saturated rings. The summed E-state index contributed by atoms with van der Waals surface area (Å²) in [6, 6.07) is -0.0227. The minimum absolute atomic E-state index is 0.0227. The van der Waals surface area contributed by atoms with E-state index in [2.05, 4.69) is 33.9 Å². The molecule has 156 valence electrons. The molecular formula is C21H23FN6O2. The van der Waals surface area contributed by atoms with Crippen molar-refractivity contribution in [2.45, 2.75) is 18.9 Å². The van der Waals surface area contributed by atoms with E-state index in [4.69, 9.17) is 0 Å². The second-order valence-electron chi connectivity index (χ2n) is 7.55. The number of hydrogen-bond donors (Lipinski definition) is 2. The van der Waals surface area contributed by atoms with Gasteiger partial charge in [0.1, 0.15) is 0 Å². The molecule has 8 nitrogen and oxygen atoms in total. The van der Waals surface area contributed by atoms with Crippen LogP contribution in [0.15, 0.2) is 37.7 Å². The Kier molecular flexibility index (Phi) is 5.11. The Bertz CT molecular complexity index is 1050. The van der Waals surface area contributed by atoms with Crippen molar-refractivity contribution >= 4 is 23.3 Å². The van der Waals surface area contributed by atoms with Crippen LogP contribution in [0.5, 0.6) is 0 Å². The Morgan fingerprint density at radius 3 is 2.87 bits per heavy atom. The van der Waals surface area contributed by atoms with E-state index in [0.29, 0.717) is 24.3 Å². The van der Waals surface area contributed by atoms with Gasteiger partial charge in [-0.2, -0.15) is 5.10 Å². The molecule has 2 aromatic rings. The number of anilines is 2. The molecule has 2 N–H and O–H groups in total. The molecule has 9 heteroatoms. The fourth-order valence-corrected chi connectivity index (χ4v) is 3.98. The first-order valence-corrected chi connectivity index (χ1v) is 9.76. The van der Waals surface area contributed by atoms with Gasteiger partial charge in [0.25, 0.3) is 5.91 Å². The summed E-state index contributed by atoms with van der Waals surface area (Å²) in [5.41, 5.74) is 1.42. The van der Waals surface area contributed by atoms with Crippen LogP contribution in [0.3, 0.4) is 0 Å². The van der Waals surface area contributed by atoms with E-state index >= 15 is 0 Å². The lowest BCUT2D eigenvalue weighted by Gasteiger charge is -2.38. The molecule has 0 spiro atoms. The third kappa shape index (κ3) is 3.36. The summed E-state index contributed by atoms with van der Waals surface area (Å²) in [4.78, 5) is 30.2. The number of likely N-dealkylation sites (tertiary alicyclic amines) is 1. The van der Waals surface area contributed by atoms with Gasteiger partial charge in [-0.1, -0.05) is 12.7 Å². The lowest BCUT2D eigenvalue weighted by molar-refractivity contribution is -0.129. The van der Waals surface area contributed by atoms with Gasteiger partial charge in [0.15, 0.2) is 11.6 Å². The maximum atomic E-state index is 14.9. The van der Waals surface area contributed by atoms with Crippen LogP contribution in [0.2, 0.25) is 0 Å². The summed E-state index contributed by atoms with van der Waals surface area (Å²) < 4.78 is 16.5. The molecule has 0 bridgehead atoms. The summed E-state index contributed by atoms with van der Waals surface area (Å²) in [6.07, 6.45) is 8.03. The van der Waals surface area contributed by atoms with Crippen molar-refractivity contribution in [3.05, 3.63) is 49.1 Å². The van der Waals surface area contributed by atoms with Gasteiger partial charge >= 0.3 is 0 Å². The van der Waals surface area contributed by atoms with Gasteiger partial charge in [0, 0.05) is 31.9 Å². The largest absolute Gasteiger partial charge is 0.367 e. The van der Waals surface area contributed by atoms with Gasteiger partial charge in [-0.3, -0.25) is 14.3 Å². The van der Waals surface area contributed by atoms with Crippen molar-refractivity contribution in [1.82, 2.24) is 19.7 Å². The monoisotopic (exact) mass is 410 g/mol. The summed E-state index contributed by atoms with van der Waals surface area (Å²) in [5.74, 6) is -0.899. The molecular weight excluding hydrogens is 387 g/mol. The Morgan fingerprint density at radius 1 is 1.43 bits per heavy atom. The molecule has 2 amide bonds. The minimum atomic E-state index is -0.587. The number of carbonyl (C=O) groups is 2. The van der Waals surface area contributed by atoms with Gasteiger partial charge in [-0.05, 0) is 24.8 Å². The van der Waals surface area contributed by atoms with E-state index < -0.39 is 5.82 Å². The molecule has 4 heterocycles. The molecule has 2 atom stereocenters. The predicted molar refractivity (Wildman–Crippen MR) is 111 cm³/mol. The fourth-order valence-electron chi connectivity index (χ4n) is 3.98. The van der Waals surface area contributed by atoms with Crippen molar-refractivity contribution < 1.29 is 14.0 Å². The minimum Gasteiger partial charge on any atom is -0.367 e. The molecule has 0 saturated carbocycles. The Hall–Kier alpha value is -3.49. The van der Waals surface area contributed by atoms with Crippen LogP contribution in [0.25, 0.3) is 11.3 Å². The van der Waals surface area contributed by atoms with Crippen LogP contribution in [-0.4, -0.2) is 50.6 Å². The quantitative estimate of drug-likeness (QED) is 0.564. The van der Waals surface area contributed by atoms with E-state index in [1.165, 1.54) is 6.08 Å². The number of nitrogens with zero attached hydrogens (tertiary/aromatic N) is 4. The number of hydrogen-bond acceptors (Lipinski definition) is 5. The number of rotatable bonds is 6. The number of carbonyl (C=O) groups excluding carboxylic acids is 2. The van der Waals surface area contributed by atoms with Crippen molar-refractivity contribution in [2.24, 2.45) is 13.0 Å². The van der Waals surface area contributed by atoms with E-state index in [0.717, 1.165) is 12.8 Å². The molecule has 0 aliphatic carbocycles. The standard InChI is InChI=1S/C21H23FN6O2/c1-4-14-7-6-12(10-28(14)15(29)5-2)8-23-20-17(22)19-16(21(30)26-19)18(25-20)13-9-24-27(3)11-13/h4-5,9,11-12,14H,1-2,6-8,10H2,3H3,(H,23,25)(H,26,30)/t12-,14-/m1/s1. The van der Waals surface area contributed by atoms with Gasteiger partial charge in [-0.25, -0.2) is 9.37 Å². The van der Waals surface area contributed by atoms with E-state index in [1.54, 1.807) is 35.1 Å². The lowest BCUT2D eigenvalue weighted by Crippen LogP contribution is -2.46. The summed E-state index contributed by atoms with van der Waals surface area (Å²) in [5, 5.41) is 9.68. The highest BCUT2D eigenvalue weighted by molar-refractivity contribution is 6.21. The molecule has 0 aromatic carbocycles. The van der Waals surface area contributed by atoms with Crippen LogP contribution in [0.4, 0.5) is 15.9 Å². The maximum absolute atomic E-state index is 14.9. The van der Waals surface area contributed by atoms with Gasteiger partial charge in [0.05, 0.1) is 29.2 Å². The molecule has 0 unspecified atom stereocenters. The van der Waals surface area contributed by atoms with Crippen molar-refractivity contribution in [2.75, 3.05) is 23.7 Å². The van der Waals surface area contributed by atoms with Gasteiger partial charge < -0.3 is 15.5 Å². The maximum Gasteiger partial charge on any atom is 0.260 e. The number of piperidine rings is 1. The highest BCUT2D eigenvalue weighted by Crippen LogP contribution is 2.39. The summed E-state index contributed by atoms with van der Waals surface area (Å²) in [7, 11) is 1.76. The van der Waals surface area contributed by atoms with Crippen LogP contribution >= 0.6 is 0 Å². The van der Waals surface area contributed by atoms with Crippen LogP contribution < -0.4 is 10.6 Å². The zero-order valence-electron chi connectivity index (χ0n) is 16.7. The molecule has 1 saturated heterocycles. The number of nitrogens with one attached hydrogen (secondary N) is 2. The highest BCUT2D eigenvalue weighted by atomic mass is 19.1. The van der Waals surface area contributed by atoms with Gasteiger partial charge in [0.2, 0.25) is 5.91 Å². The van der Waals surface area contributed by atoms with Crippen LogP contribution in [-0.2, 0) is 11.8 Å². The molecule has 4 rings (SSSR count). The number of amides is 2. The lowest BCUT2D eigenvalue weighted by atomic mass is 9.92. The van der Waals surface area contributed by atoms with Gasteiger partial charge in [-0.15, -0.1) is 6.58 Å². The Labute approximate surface area is 173 Å². The molecule has 0 radical (unpaired) electrons. The van der Waals surface area contributed by atoms with Crippen molar-refractivity contribution in [1.29, 1.82) is 0 Å². The second-order valence-corrected chi connectivity index (χ2v) is 7.55. The third-order valence-corrected chi connectivity index (χ3v) is 5.60. The normalized spacial score (nSPS) is 20.1. The molecule has 30 heavy (non-hydrogen) atoms. The van der Waals surface area contributed by atoms with E-state index in [-0.39, 0.29) is 40.8 Å². The first kappa shape index (κ1) is 19.8. The topological polar surface area (TPSA) is 92.2 Å². The van der Waals surface area contributed by atoms with Crippen molar-refractivity contribution in [3.63, 3.8) is 0 Å². The third-order valence-electron chi connectivity index (χ3n) is 5.60. The number of aryl methyl sites for hydroxylation is 1. The first-order chi connectivity index (χ1) is 14.4. The summed E-state index contributed by atoms with van der Waals surface area (Å²) >= 11 is 0. The highest BCUT2D eigenvalue weighted by Gasteiger charge is 2.35. The molecule has 2 aliphatic rings. The van der Waals surface area contributed by atoms with Crippen molar-refractivity contribution in [3.8, 4) is 11.3 Å². The smallest absolute Gasteiger partial charge is 0.260 e. The number of aromatic nitrogens is 3. The van der Waals surface area contributed by atoms with Crippen LogP contribution in [0, 0.1) is 11.7 Å². The van der Waals surface area contributed by atoms with E-state index in [1.807, 2.05) is 0 Å².